The minimum absolute atomic E-state index is 0.157. The Kier molecular flexibility index (Phi) is 5.11. The molecule has 0 spiro atoms. The van der Waals surface area contributed by atoms with Crippen LogP contribution in [0, 0.1) is 0 Å². The van der Waals surface area contributed by atoms with Crippen LogP contribution in [0.1, 0.15) is 32.4 Å². The van der Waals surface area contributed by atoms with Crippen molar-refractivity contribution in [1.29, 1.82) is 0 Å². The van der Waals surface area contributed by atoms with Gasteiger partial charge in [-0.05, 0) is 40.1 Å². The quantitative estimate of drug-likeness (QED) is 0.672. The van der Waals surface area contributed by atoms with E-state index in [1.165, 1.54) is 0 Å². The number of aliphatic hydroxyl groups excluding tert-OH is 1. The van der Waals surface area contributed by atoms with E-state index in [0.29, 0.717) is 6.61 Å². The van der Waals surface area contributed by atoms with Gasteiger partial charge in [0.1, 0.15) is 10.7 Å². The first-order chi connectivity index (χ1) is 8.13. The summed E-state index contributed by atoms with van der Waals surface area (Å²) >= 11 is 3.27. The van der Waals surface area contributed by atoms with Gasteiger partial charge in [0, 0.05) is 11.8 Å². The van der Waals surface area contributed by atoms with Gasteiger partial charge in [0.05, 0.1) is 6.61 Å². The minimum Gasteiger partial charge on any atom is -0.414 e. The van der Waals surface area contributed by atoms with E-state index >= 15 is 0 Å². The fourth-order valence-electron chi connectivity index (χ4n) is 1.18. The van der Waals surface area contributed by atoms with Crippen molar-refractivity contribution >= 4 is 24.2 Å². The Morgan fingerprint density at radius 3 is 2.44 bits per heavy atom. The van der Waals surface area contributed by atoms with Crippen molar-refractivity contribution in [2.24, 2.45) is 0 Å². The van der Waals surface area contributed by atoms with E-state index in [0.717, 1.165) is 10.2 Å². The topological polar surface area (TPSA) is 42.4 Å². The number of halogens is 1. The van der Waals surface area contributed by atoms with Crippen LogP contribution >= 0.6 is 15.9 Å². The van der Waals surface area contributed by atoms with Crippen molar-refractivity contribution in [3.8, 4) is 0 Å². The van der Waals surface area contributed by atoms with Gasteiger partial charge in [0.15, 0.2) is 8.32 Å². The number of hydrogen-bond acceptors (Lipinski definition) is 3. The average molecular weight is 332 g/mol. The smallest absolute Gasteiger partial charge is 0.192 e. The van der Waals surface area contributed by atoms with Gasteiger partial charge in [0.25, 0.3) is 0 Å². The molecule has 0 aliphatic carbocycles. The van der Waals surface area contributed by atoms with Gasteiger partial charge in [-0.1, -0.05) is 26.8 Å². The number of aromatic nitrogens is 1. The first-order valence-corrected chi connectivity index (χ1v) is 9.77. The molecule has 5 heteroatoms. The summed E-state index contributed by atoms with van der Waals surface area (Å²) in [6, 6.07) is 3.68. The number of rotatable bonds is 4. The van der Waals surface area contributed by atoms with Crippen LogP contribution in [0.15, 0.2) is 22.9 Å². The molecule has 1 N–H and O–H groups in total. The van der Waals surface area contributed by atoms with E-state index in [1.807, 2.05) is 12.1 Å². The molecule has 0 fully saturated rings. The van der Waals surface area contributed by atoms with Gasteiger partial charge < -0.3 is 9.53 Å². The molecule has 0 amide bonds. The lowest BCUT2D eigenvalue weighted by atomic mass is 10.2. The van der Waals surface area contributed by atoms with Crippen LogP contribution in [0.25, 0.3) is 0 Å². The Morgan fingerprint density at radius 2 is 2.00 bits per heavy atom. The van der Waals surface area contributed by atoms with Crippen LogP contribution in [-0.4, -0.2) is 25.0 Å². The molecule has 1 atom stereocenters. The third-order valence-corrected chi connectivity index (χ3v) is 8.51. The van der Waals surface area contributed by atoms with Crippen LogP contribution in [-0.2, 0) is 4.43 Å². The maximum atomic E-state index is 10.1. The molecule has 0 saturated heterocycles. The van der Waals surface area contributed by atoms with Gasteiger partial charge in [-0.3, -0.25) is 0 Å². The van der Waals surface area contributed by atoms with E-state index < -0.39 is 14.4 Å². The molecule has 1 heterocycles. The predicted octanol–water partition coefficient (Wildman–Crippen LogP) is 3.90. The second kappa shape index (κ2) is 5.82. The summed E-state index contributed by atoms with van der Waals surface area (Å²) in [6.45, 7) is 11.3. The summed E-state index contributed by atoms with van der Waals surface area (Å²) in [4.78, 5) is 4.11. The average Bonchev–Trinajstić information content (AvgIpc) is 2.25. The molecular weight excluding hydrogens is 310 g/mol. The second-order valence-electron chi connectivity index (χ2n) is 6.00. The molecule has 0 bridgehead atoms. The standard InChI is InChI=1S/C13H22BrNO2Si/c1-13(2,3)18(4,5)17-9-11(16)10-6-7-12(14)15-8-10/h6-8,11,16H,9H2,1-5H3. The highest BCUT2D eigenvalue weighted by Gasteiger charge is 2.37. The van der Waals surface area contributed by atoms with Crippen molar-refractivity contribution < 1.29 is 9.53 Å². The molecule has 1 aromatic heterocycles. The molecule has 1 rings (SSSR count). The van der Waals surface area contributed by atoms with Gasteiger partial charge in [-0.15, -0.1) is 0 Å². The van der Waals surface area contributed by atoms with Crippen molar-refractivity contribution in [2.75, 3.05) is 6.61 Å². The van der Waals surface area contributed by atoms with Crippen molar-refractivity contribution in [3.05, 3.63) is 28.5 Å². The molecule has 102 valence electrons. The monoisotopic (exact) mass is 331 g/mol. The lowest BCUT2D eigenvalue weighted by molar-refractivity contribution is 0.100. The Hall–Kier alpha value is -0.233. The highest BCUT2D eigenvalue weighted by atomic mass is 79.9. The van der Waals surface area contributed by atoms with Crippen LogP contribution in [0.3, 0.4) is 0 Å². The van der Waals surface area contributed by atoms with Gasteiger partial charge >= 0.3 is 0 Å². The van der Waals surface area contributed by atoms with Crippen molar-refractivity contribution in [3.63, 3.8) is 0 Å². The normalized spacial score (nSPS) is 14.6. The largest absolute Gasteiger partial charge is 0.414 e. The summed E-state index contributed by atoms with van der Waals surface area (Å²) in [5.41, 5.74) is 0.789. The van der Waals surface area contributed by atoms with E-state index in [9.17, 15) is 5.11 Å². The lowest BCUT2D eigenvalue weighted by Crippen LogP contribution is -2.41. The molecule has 18 heavy (non-hydrogen) atoms. The van der Waals surface area contributed by atoms with Gasteiger partial charge in [-0.2, -0.15) is 0 Å². The highest BCUT2D eigenvalue weighted by Crippen LogP contribution is 2.37. The number of aliphatic hydroxyl groups is 1. The number of hydrogen-bond donors (Lipinski definition) is 1. The maximum absolute atomic E-state index is 10.1. The molecule has 0 aliphatic rings. The Morgan fingerprint density at radius 1 is 1.39 bits per heavy atom. The second-order valence-corrected chi connectivity index (χ2v) is 11.6. The molecule has 0 saturated carbocycles. The lowest BCUT2D eigenvalue weighted by Gasteiger charge is -2.36. The summed E-state index contributed by atoms with van der Waals surface area (Å²) in [5.74, 6) is 0. The minimum atomic E-state index is -1.80. The van der Waals surface area contributed by atoms with Crippen LogP contribution in [0.2, 0.25) is 18.1 Å². The molecule has 0 aromatic carbocycles. The third kappa shape index (κ3) is 4.15. The van der Waals surface area contributed by atoms with E-state index in [-0.39, 0.29) is 5.04 Å². The third-order valence-electron chi connectivity index (χ3n) is 3.54. The van der Waals surface area contributed by atoms with Crippen molar-refractivity contribution in [1.82, 2.24) is 4.98 Å². The summed E-state index contributed by atoms with van der Waals surface area (Å²) < 4.78 is 6.76. The Bertz CT molecular complexity index is 387. The summed E-state index contributed by atoms with van der Waals surface area (Å²) in [5, 5.41) is 10.2. The van der Waals surface area contributed by atoms with Crippen LogP contribution < -0.4 is 0 Å². The SMILES string of the molecule is CC(C)(C)[Si](C)(C)OCC(O)c1ccc(Br)nc1. The van der Waals surface area contributed by atoms with Crippen LogP contribution in [0.4, 0.5) is 0 Å². The molecule has 0 aliphatic heterocycles. The number of pyridine rings is 1. The van der Waals surface area contributed by atoms with Gasteiger partial charge in [-0.25, -0.2) is 4.98 Å². The molecule has 0 radical (unpaired) electrons. The molecule has 1 aromatic rings. The van der Waals surface area contributed by atoms with E-state index in [4.69, 9.17) is 4.43 Å². The zero-order chi connectivity index (χ0) is 14.0. The van der Waals surface area contributed by atoms with Crippen LogP contribution in [0.5, 0.6) is 0 Å². The Balaban J connectivity index is 2.61. The molecule has 1 unspecified atom stereocenters. The zero-order valence-electron chi connectivity index (χ0n) is 11.7. The fraction of sp³-hybridized carbons (Fsp3) is 0.615. The zero-order valence-corrected chi connectivity index (χ0v) is 14.3. The van der Waals surface area contributed by atoms with E-state index in [1.54, 1.807) is 6.20 Å². The van der Waals surface area contributed by atoms with Crippen molar-refractivity contribution in [2.45, 2.75) is 45.0 Å². The predicted molar refractivity (Wildman–Crippen MR) is 80.0 cm³/mol. The summed E-state index contributed by atoms with van der Waals surface area (Å²) in [7, 11) is -1.80. The first-order valence-electron chi connectivity index (χ1n) is 6.07. The maximum Gasteiger partial charge on any atom is 0.192 e. The fourth-order valence-corrected chi connectivity index (χ4v) is 2.43. The molecular formula is C13H22BrNO2Si. The first kappa shape index (κ1) is 15.8. The Labute approximate surface area is 119 Å². The highest BCUT2D eigenvalue weighted by molar-refractivity contribution is 9.10. The molecule has 3 nitrogen and oxygen atoms in total. The van der Waals surface area contributed by atoms with Gasteiger partial charge in [0.2, 0.25) is 0 Å². The summed E-state index contributed by atoms with van der Waals surface area (Å²) in [6.07, 6.45) is 1.06. The number of nitrogens with zero attached hydrogens (tertiary/aromatic N) is 1. The van der Waals surface area contributed by atoms with E-state index in [2.05, 4.69) is 54.8 Å².